The molecule has 6 nitrogen and oxygen atoms in total. The third kappa shape index (κ3) is 2.94. The number of hydrogen-bond donors (Lipinski definition) is 1. The molecule has 0 bridgehead atoms. The fourth-order valence-corrected chi connectivity index (χ4v) is 3.99. The normalized spacial score (nSPS) is 24.4. The third-order valence-corrected chi connectivity index (χ3v) is 5.49. The Bertz CT molecular complexity index is 531. The maximum absolute atomic E-state index is 12.5. The van der Waals surface area contributed by atoms with E-state index in [-0.39, 0.29) is 22.8 Å². The van der Waals surface area contributed by atoms with Gasteiger partial charge in [-0.1, -0.05) is 6.92 Å². The van der Waals surface area contributed by atoms with Crippen molar-refractivity contribution in [3.05, 3.63) is 12.5 Å². The maximum atomic E-state index is 12.5. The standard InChI is InChI=1S/C11H20N4O2S.ClH/c1-3-14-9-13-6-10(14)18(16,17)15-5-4-11(2,7-12)8-15;/h6,9H,3-5,7-8,12H2,1-2H3;1H. The summed E-state index contributed by atoms with van der Waals surface area (Å²) in [5, 5.41) is 0.270. The first-order chi connectivity index (χ1) is 8.43. The summed E-state index contributed by atoms with van der Waals surface area (Å²) in [4.78, 5) is 3.92. The first kappa shape index (κ1) is 16.4. The molecule has 0 aromatic carbocycles. The highest BCUT2D eigenvalue weighted by molar-refractivity contribution is 7.89. The lowest BCUT2D eigenvalue weighted by Crippen LogP contribution is -2.35. The van der Waals surface area contributed by atoms with Gasteiger partial charge in [-0.15, -0.1) is 12.4 Å². The predicted molar refractivity (Wildman–Crippen MR) is 75.7 cm³/mol. The molecule has 0 spiro atoms. The SMILES string of the molecule is CCn1cncc1S(=O)(=O)N1CCC(C)(CN)C1.Cl. The second-order valence-electron chi connectivity index (χ2n) is 5.12. The molecule has 1 aromatic rings. The molecule has 8 heteroatoms. The maximum Gasteiger partial charge on any atom is 0.260 e. The Labute approximate surface area is 120 Å². The second kappa shape index (κ2) is 5.78. The van der Waals surface area contributed by atoms with Gasteiger partial charge in [0.1, 0.15) is 0 Å². The zero-order valence-electron chi connectivity index (χ0n) is 11.2. The molecule has 0 radical (unpaired) electrons. The lowest BCUT2D eigenvalue weighted by Gasteiger charge is -2.22. The summed E-state index contributed by atoms with van der Waals surface area (Å²) in [6, 6.07) is 0. The fourth-order valence-electron chi connectivity index (χ4n) is 2.24. The van der Waals surface area contributed by atoms with Crippen LogP contribution in [0.4, 0.5) is 0 Å². The van der Waals surface area contributed by atoms with Gasteiger partial charge in [0.05, 0.1) is 12.5 Å². The molecule has 110 valence electrons. The van der Waals surface area contributed by atoms with Crippen LogP contribution in [0.15, 0.2) is 17.6 Å². The van der Waals surface area contributed by atoms with E-state index in [0.29, 0.717) is 26.2 Å². The Morgan fingerprint density at radius 1 is 1.53 bits per heavy atom. The highest BCUT2D eigenvalue weighted by Crippen LogP contribution is 2.32. The number of rotatable bonds is 4. The van der Waals surface area contributed by atoms with Gasteiger partial charge < -0.3 is 10.3 Å². The van der Waals surface area contributed by atoms with Gasteiger partial charge in [0.15, 0.2) is 5.03 Å². The van der Waals surface area contributed by atoms with Crippen molar-refractivity contribution in [2.24, 2.45) is 11.1 Å². The van der Waals surface area contributed by atoms with Gasteiger partial charge in [0.25, 0.3) is 10.0 Å². The summed E-state index contributed by atoms with van der Waals surface area (Å²) in [6.45, 7) is 6.04. The number of aromatic nitrogens is 2. The van der Waals surface area contributed by atoms with Crippen LogP contribution >= 0.6 is 12.4 Å². The van der Waals surface area contributed by atoms with Crippen LogP contribution in [0.2, 0.25) is 0 Å². The van der Waals surface area contributed by atoms with Crippen molar-refractivity contribution in [2.45, 2.75) is 31.8 Å². The number of imidazole rings is 1. The van der Waals surface area contributed by atoms with E-state index < -0.39 is 10.0 Å². The van der Waals surface area contributed by atoms with Gasteiger partial charge in [0, 0.05) is 19.6 Å². The minimum Gasteiger partial charge on any atom is -0.330 e. The average molecular weight is 309 g/mol. The van der Waals surface area contributed by atoms with Crippen molar-refractivity contribution in [3.8, 4) is 0 Å². The lowest BCUT2D eigenvalue weighted by molar-refractivity contribution is 0.348. The molecule has 19 heavy (non-hydrogen) atoms. The number of nitrogens with zero attached hydrogens (tertiary/aromatic N) is 3. The molecule has 2 N–H and O–H groups in total. The Kier molecular flexibility index (Phi) is 5.00. The van der Waals surface area contributed by atoms with E-state index >= 15 is 0 Å². The lowest BCUT2D eigenvalue weighted by atomic mass is 9.90. The Morgan fingerprint density at radius 3 is 2.74 bits per heavy atom. The van der Waals surface area contributed by atoms with Crippen LogP contribution < -0.4 is 5.73 Å². The van der Waals surface area contributed by atoms with Crippen molar-refractivity contribution < 1.29 is 8.42 Å². The summed E-state index contributed by atoms with van der Waals surface area (Å²) < 4.78 is 28.2. The molecular formula is C11H21ClN4O2S. The molecule has 1 aliphatic heterocycles. The van der Waals surface area contributed by atoms with Crippen LogP contribution in [-0.2, 0) is 16.6 Å². The van der Waals surface area contributed by atoms with Crippen LogP contribution in [0.1, 0.15) is 20.3 Å². The van der Waals surface area contributed by atoms with Gasteiger partial charge in [0.2, 0.25) is 0 Å². The molecule has 0 aliphatic carbocycles. The predicted octanol–water partition coefficient (Wildman–Crippen LogP) is 0.684. The Hall–Kier alpha value is -0.630. The monoisotopic (exact) mass is 308 g/mol. The minimum atomic E-state index is -3.44. The zero-order chi connectivity index (χ0) is 13.4. The smallest absolute Gasteiger partial charge is 0.260 e. The summed E-state index contributed by atoms with van der Waals surface area (Å²) in [5.41, 5.74) is 5.60. The van der Waals surface area contributed by atoms with Crippen molar-refractivity contribution in [3.63, 3.8) is 0 Å². The van der Waals surface area contributed by atoms with Gasteiger partial charge in [-0.05, 0) is 25.3 Å². The number of hydrogen-bond acceptors (Lipinski definition) is 4. The van der Waals surface area contributed by atoms with Crippen LogP contribution in [0.3, 0.4) is 0 Å². The third-order valence-electron chi connectivity index (χ3n) is 3.63. The quantitative estimate of drug-likeness (QED) is 0.887. The molecule has 1 aromatic heterocycles. The molecule has 2 rings (SSSR count). The van der Waals surface area contributed by atoms with Crippen molar-refractivity contribution in [1.29, 1.82) is 0 Å². The van der Waals surface area contributed by atoms with Crippen LogP contribution in [0.25, 0.3) is 0 Å². The number of sulfonamides is 1. The Balaban J connectivity index is 0.00000180. The summed E-state index contributed by atoms with van der Waals surface area (Å²) in [6.07, 6.45) is 3.77. The zero-order valence-corrected chi connectivity index (χ0v) is 12.9. The van der Waals surface area contributed by atoms with E-state index in [9.17, 15) is 8.42 Å². The topological polar surface area (TPSA) is 81.2 Å². The van der Waals surface area contributed by atoms with Crippen molar-refractivity contribution in [2.75, 3.05) is 19.6 Å². The molecule has 0 amide bonds. The number of halogens is 1. The van der Waals surface area contributed by atoms with E-state index in [4.69, 9.17) is 5.73 Å². The largest absolute Gasteiger partial charge is 0.330 e. The van der Waals surface area contributed by atoms with E-state index in [1.54, 1.807) is 10.9 Å². The highest BCUT2D eigenvalue weighted by atomic mass is 35.5. The van der Waals surface area contributed by atoms with Crippen molar-refractivity contribution >= 4 is 22.4 Å². The van der Waals surface area contributed by atoms with E-state index in [0.717, 1.165) is 6.42 Å². The van der Waals surface area contributed by atoms with E-state index in [2.05, 4.69) is 4.98 Å². The number of aryl methyl sites for hydroxylation is 1. The number of nitrogens with two attached hydrogens (primary N) is 1. The fraction of sp³-hybridized carbons (Fsp3) is 0.727. The first-order valence-corrected chi connectivity index (χ1v) is 7.57. The van der Waals surface area contributed by atoms with Gasteiger partial charge >= 0.3 is 0 Å². The van der Waals surface area contributed by atoms with E-state index in [1.807, 2.05) is 13.8 Å². The summed E-state index contributed by atoms with van der Waals surface area (Å²) >= 11 is 0. The van der Waals surface area contributed by atoms with Crippen LogP contribution in [0, 0.1) is 5.41 Å². The van der Waals surface area contributed by atoms with E-state index in [1.165, 1.54) is 10.5 Å². The molecule has 0 saturated carbocycles. The molecule has 1 unspecified atom stereocenters. The average Bonchev–Trinajstić information content (AvgIpc) is 2.96. The Morgan fingerprint density at radius 2 is 2.21 bits per heavy atom. The van der Waals surface area contributed by atoms with Gasteiger partial charge in [-0.2, -0.15) is 4.31 Å². The first-order valence-electron chi connectivity index (χ1n) is 6.13. The second-order valence-corrected chi connectivity index (χ2v) is 7.01. The summed E-state index contributed by atoms with van der Waals surface area (Å²) in [5.74, 6) is 0. The molecule has 2 heterocycles. The molecular weight excluding hydrogens is 288 g/mol. The highest BCUT2D eigenvalue weighted by Gasteiger charge is 2.39. The van der Waals surface area contributed by atoms with Crippen LogP contribution in [0.5, 0.6) is 0 Å². The van der Waals surface area contributed by atoms with Gasteiger partial charge in [-0.25, -0.2) is 13.4 Å². The molecule has 1 fully saturated rings. The molecule has 1 atom stereocenters. The van der Waals surface area contributed by atoms with Crippen molar-refractivity contribution in [1.82, 2.24) is 13.9 Å². The van der Waals surface area contributed by atoms with Crippen LogP contribution in [-0.4, -0.2) is 41.9 Å². The molecule has 1 saturated heterocycles. The minimum absolute atomic E-state index is 0. The molecule has 1 aliphatic rings. The summed E-state index contributed by atoms with van der Waals surface area (Å²) in [7, 11) is -3.44. The van der Waals surface area contributed by atoms with Gasteiger partial charge in [-0.3, -0.25) is 0 Å².